The third-order valence-electron chi connectivity index (χ3n) is 3.46. The number of ether oxygens (including phenoxy) is 1. The first-order valence-corrected chi connectivity index (χ1v) is 7.54. The van der Waals surface area contributed by atoms with Crippen LogP contribution in [0.25, 0.3) is 0 Å². The molecule has 2 nitrogen and oxygen atoms in total. The van der Waals surface area contributed by atoms with Gasteiger partial charge in [0.25, 0.3) is 0 Å². The second kappa shape index (κ2) is 6.97. The van der Waals surface area contributed by atoms with E-state index in [0.29, 0.717) is 28.9 Å². The van der Waals surface area contributed by atoms with Gasteiger partial charge in [-0.3, -0.25) is 0 Å². The predicted molar refractivity (Wildman–Crippen MR) is 86.9 cm³/mol. The Morgan fingerprint density at radius 1 is 1.05 bits per heavy atom. The molecule has 1 N–H and O–H groups in total. The maximum absolute atomic E-state index is 9.78. The molecule has 1 atom stereocenters. The first-order valence-electron chi connectivity index (χ1n) is 7.16. The summed E-state index contributed by atoms with van der Waals surface area (Å²) in [5.74, 6) is 1.19. The monoisotopic (exact) mass is 304 g/mol. The Balaban J connectivity index is 2.09. The van der Waals surface area contributed by atoms with Gasteiger partial charge in [0, 0.05) is 10.6 Å². The number of halogens is 1. The zero-order valence-electron chi connectivity index (χ0n) is 12.6. The first-order chi connectivity index (χ1) is 9.97. The largest absolute Gasteiger partial charge is 0.489 e. The highest BCUT2D eigenvalue weighted by atomic mass is 35.5. The van der Waals surface area contributed by atoms with Crippen LogP contribution >= 0.6 is 11.6 Å². The maximum Gasteiger partial charge on any atom is 0.125 e. The van der Waals surface area contributed by atoms with E-state index in [1.54, 1.807) is 25.1 Å². The average molecular weight is 305 g/mol. The number of benzene rings is 2. The molecular weight excluding hydrogens is 284 g/mol. The summed E-state index contributed by atoms with van der Waals surface area (Å²) in [6.45, 7) is 6.53. The maximum atomic E-state index is 9.78. The zero-order chi connectivity index (χ0) is 15.4. The summed E-state index contributed by atoms with van der Waals surface area (Å²) in [5.41, 5.74) is 3.13. The third kappa shape index (κ3) is 4.23. The standard InChI is InChI=1S/C18H21ClO2/c1-12(2)15-6-4-14(5-7-15)11-21-18-9-8-16(19)10-17(18)13(3)20/h4-10,12-13,20H,11H2,1-3H3/t13-/m0/s1. The van der Waals surface area contributed by atoms with E-state index in [4.69, 9.17) is 16.3 Å². The molecule has 112 valence electrons. The Kier molecular flexibility index (Phi) is 5.27. The van der Waals surface area contributed by atoms with Gasteiger partial charge in [0.1, 0.15) is 12.4 Å². The van der Waals surface area contributed by atoms with Crippen LogP contribution in [-0.2, 0) is 6.61 Å². The van der Waals surface area contributed by atoms with Crippen LogP contribution in [-0.4, -0.2) is 5.11 Å². The summed E-state index contributed by atoms with van der Waals surface area (Å²) >= 11 is 5.96. The van der Waals surface area contributed by atoms with Crippen molar-refractivity contribution < 1.29 is 9.84 Å². The Labute approximate surface area is 131 Å². The SMILES string of the molecule is CC(C)c1ccc(COc2ccc(Cl)cc2[C@H](C)O)cc1. The molecule has 2 aromatic carbocycles. The molecule has 0 heterocycles. The van der Waals surface area contributed by atoms with Crippen LogP contribution in [0.5, 0.6) is 5.75 Å². The highest BCUT2D eigenvalue weighted by Crippen LogP contribution is 2.29. The van der Waals surface area contributed by atoms with Crippen LogP contribution in [0.4, 0.5) is 0 Å². The number of aliphatic hydroxyl groups is 1. The van der Waals surface area contributed by atoms with Gasteiger partial charge in [-0.05, 0) is 42.2 Å². The molecule has 2 aromatic rings. The molecule has 0 aliphatic carbocycles. The topological polar surface area (TPSA) is 29.5 Å². The smallest absolute Gasteiger partial charge is 0.125 e. The Bertz CT molecular complexity index is 589. The van der Waals surface area contributed by atoms with Crippen molar-refractivity contribution in [1.29, 1.82) is 0 Å². The Morgan fingerprint density at radius 2 is 1.71 bits per heavy atom. The van der Waals surface area contributed by atoms with Crippen molar-refractivity contribution in [3.05, 3.63) is 64.2 Å². The van der Waals surface area contributed by atoms with E-state index in [2.05, 4.69) is 38.1 Å². The van der Waals surface area contributed by atoms with E-state index >= 15 is 0 Å². The minimum Gasteiger partial charge on any atom is -0.489 e. The average Bonchev–Trinajstić information content (AvgIpc) is 2.46. The lowest BCUT2D eigenvalue weighted by Crippen LogP contribution is -2.01. The summed E-state index contributed by atoms with van der Waals surface area (Å²) in [7, 11) is 0. The fourth-order valence-electron chi connectivity index (χ4n) is 2.14. The molecule has 0 aliphatic heterocycles. The molecule has 3 heteroatoms. The van der Waals surface area contributed by atoms with Crippen molar-refractivity contribution in [1.82, 2.24) is 0 Å². The highest BCUT2D eigenvalue weighted by Gasteiger charge is 2.10. The van der Waals surface area contributed by atoms with Crippen LogP contribution in [0.15, 0.2) is 42.5 Å². The van der Waals surface area contributed by atoms with E-state index in [1.165, 1.54) is 5.56 Å². The van der Waals surface area contributed by atoms with Crippen LogP contribution < -0.4 is 4.74 Å². The molecule has 0 unspecified atom stereocenters. The molecular formula is C18H21ClO2. The number of aliphatic hydroxyl groups excluding tert-OH is 1. The molecule has 2 rings (SSSR count). The van der Waals surface area contributed by atoms with E-state index in [-0.39, 0.29) is 0 Å². The van der Waals surface area contributed by atoms with Crippen molar-refractivity contribution in [3.63, 3.8) is 0 Å². The molecule has 0 radical (unpaired) electrons. The van der Waals surface area contributed by atoms with Gasteiger partial charge in [-0.1, -0.05) is 49.7 Å². The fourth-order valence-corrected chi connectivity index (χ4v) is 2.32. The molecule has 0 aromatic heterocycles. The second-order valence-electron chi connectivity index (χ2n) is 5.54. The highest BCUT2D eigenvalue weighted by molar-refractivity contribution is 6.30. The summed E-state index contributed by atoms with van der Waals surface area (Å²) in [6, 6.07) is 13.7. The number of hydrogen-bond donors (Lipinski definition) is 1. The summed E-state index contributed by atoms with van der Waals surface area (Å²) < 4.78 is 5.82. The minimum atomic E-state index is -0.609. The minimum absolute atomic E-state index is 0.472. The molecule has 0 fully saturated rings. The normalized spacial score (nSPS) is 12.5. The lowest BCUT2D eigenvalue weighted by atomic mass is 10.0. The Hall–Kier alpha value is -1.51. The summed E-state index contributed by atoms with van der Waals surface area (Å²) in [4.78, 5) is 0. The summed E-state index contributed by atoms with van der Waals surface area (Å²) in [5, 5.41) is 10.4. The third-order valence-corrected chi connectivity index (χ3v) is 3.70. The molecule has 21 heavy (non-hydrogen) atoms. The lowest BCUT2D eigenvalue weighted by Gasteiger charge is -2.14. The van der Waals surface area contributed by atoms with E-state index in [9.17, 15) is 5.11 Å². The lowest BCUT2D eigenvalue weighted by molar-refractivity contribution is 0.190. The molecule has 0 amide bonds. The van der Waals surface area contributed by atoms with Gasteiger partial charge in [0.05, 0.1) is 6.10 Å². The molecule has 0 spiro atoms. The fraction of sp³-hybridized carbons (Fsp3) is 0.333. The first kappa shape index (κ1) is 15.9. The van der Waals surface area contributed by atoms with E-state index < -0.39 is 6.10 Å². The van der Waals surface area contributed by atoms with Gasteiger partial charge in [0.15, 0.2) is 0 Å². The summed E-state index contributed by atoms with van der Waals surface area (Å²) in [6.07, 6.45) is -0.609. The molecule has 0 bridgehead atoms. The number of rotatable bonds is 5. The van der Waals surface area contributed by atoms with Crippen LogP contribution in [0.2, 0.25) is 5.02 Å². The van der Waals surface area contributed by atoms with Crippen molar-refractivity contribution in [2.45, 2.75) is 39.4 Å². The molecule has 0 aliphatic rings. The van der Waals surface area contributed by atoms with Crippen LogP contribution in [0, 0.1) is 0 Å². The second-order valence-corrected chi connectivity index (χ2v) is 5.98. The van der Waals surface area contributed by atoms with Gasteiger partial charge in [-0.15, -0.1) is 0 Å². The van der Waals surface area contributed by atoms with Crippen LogP contribution in [0.1, 0.15) is 49.5 Å². The van der Waals surface area contributed by atoms with Crippen molar-refractivity contribution in [3.8, 4) is 5.75 Å². The van der Waals surface area contributed by atoms with Gasteiger partial charge in [0.2, 0.25) is 0 Å². The Morgan fingerprint density at radius 3 is 2.29 bits per heavy atom. The number of hydrogen-bond acceptors (Lipinski definition) is 2. The zero-order valence-corrected chi connectivity index (χ0v) is 13.4. The van der Waals surface area contributed by atoms with Crippen LogP contribution in [0.3, 0.4) is 0 Å². The molecule has 0 saturated carbocycles. The van der Waals surface area contributed by atoms with Crippen molar-refractivity contribution in [2.24, 2.45) is 0 Å². The predicted octanol–water partition coefficient (Wildman–Crippen LogP) is 5.10. The van der Waals surface area contributed by atoms with E-state index in [0.717, 1.165) is 5.56 Å². The van der Waals surface area contributed by atoms with Gasteiger partial charge >= 0.3 is 0 Å². The quantitative estimate of drug-likeness (QED) is 0.833. The molecule has 0 saturated heterocycles. The van der Waals surface area contributed by atoms with Crippen molar-refractivity contribution >= 4 is 11.6 Å². The van der Waals surface area contributed by atoms with Crippen molar-refractivity contribution in [2.75, 3.05) is 0 Å². The van der Waals surface area contributed by atoms with Gasteiger partial charge in [-0.25, -0.2) is 0 Å². The van der Waals surface area contributed by atoms with E-state index in [1.807, 2.05) is 0 Å². The van der Waals surface area contributed by atoms with Gasteiger partial charge < -0.3 is 9.84 Å². The van der Waals surface area contributed by atoms with Gasteiger partial charge in [-0.2, -0.15) is 0 Å².